The monoisotopic (exact) mass is 451 g/mol. The van der Waals surface area contributed by atoms with Crippen molar-refractivity contribution < 1.29 is 39.5 Å². The highest BCUT2D eigenvalue weighted by Crippen LogP contribution is 2.37. The summed E-state index contributed by atoms with van der Waals surface area (Å²) < 4.78 is 93.3. The summed E-state index contributed by atoms with van der Waals surface area (Å²) in [7, 11) is -8.07. The molecule has 0 bridgehead atoms. The van der Waals surface area contributed by atoms with Crippen molar-refractivity contribution in [2.75, 3.05) is 25.3 Å². The van der Waals surface area contributed by atoms with E-state index >= 15 is 0 Å². The first-order valence-corrected chi connectivity index (χ1v) is 11.1. The lowest BCUT2D eigenvalue weighted by Crippen LogP contribution is -2.36. The van der Waals surface area contributed by atoms with Gasteiger partial charge in [0.2, 0.25) is 20.0 Å². The van der Waals surface area contributed by atoms with Crippen LogP contribution in [0.2, 0.25) is 5.02 Å². The topological polar surface area (TPSA) is 107 Å². The van der Waals surface area contributed by atoms with Crippen LogP contribution < -0.4 is 4.13 Å². The Hall–Kier alpha value is -1.37. The van der Waals surface area contributed by atoms with Crippen molar-refractivity contribution in [1.29, 1.82) is 0 Å². The van der Waals surface area contributed by atoms with E-state index in [1.807, 2.05) is 0 Å². The Labute approximate surface area is 159 Å². The van der Waals surface area contributed by atoms with E-state index in [0.717, 1.165) is 19.2 Å². The lowest BCUT2D eigenvalue weighted by atomic mass is 9.99. The fraction of sp³-hybridized carbons (Fsp3) is 0.500. The van der Waals surface area contributed by atoms with Crippen molar-refractivity contribution >= 4 is 37.6 Å². The number of methoxy groups -OCH3 is 1. The number of sulfonamides is 2. The number of nitrogens with one attached hydrogen (secondary N) is 1. The quantitative estimate of drug-likeness (QED) is 0.547. The largest absolute Gasteiger partial charge is 0.465 e. The Bertz CT molecular complexity index is 890. The third-order valence-electron chi connectivity index (χ3n) is 3.28. The minimum absolute atomic E-state index is 0.311. The molecular formula is C14H17ClF3NO6S2. The van der Waals surface area contributed by atoms with Gasteiger partial charge >= 0.3 is 5.97 Å². The summed E-state index contributed by atoms with van der Waals surface area (Å²) in [4.78, 5) is 11.7. The Morgan fingerprint density at radius 1 is 1.19 bits per heavy atom. The summed E-state index contributed by atoms with van der Waals surface area (Å²) in [6.07, 6.45) is -1.77. The summed E-state index contributed by atoms with van der Waals surface area (Å²) >= 11 is 5.76. The third-order valence-corrected chi connectivity index (χ3v) is 7.20. The van der Waals surface area contributed by atoms with E-state index in [9.17, 15) is 34.8 Å². The molecule has 1 N–H and O–H groups in total. The van der Waals surface area contributed by atoms with Gasteiger partial charge < -0.3 is 4.74 Å². The van der Waals surface area contributed by atoms with Crippen LogP contribution in [0.1, 0.15) is 28.8 Å². The number of rotatable bonds is 10. The van der Waals surface area contributed by atoms with Crippen LogP contribution in [0, 0.1) is 0 Å². The summed E-state index contributed by atoms with van der Waals surface area (Å²) in [5, 5.41) is -0.311. The maximum absolute atomic E-state index is 14.5. The second-order valence-corrected chi connectivity index (χ2v) is 9.72. The average Bonchev–Trinajstić information content (AvgIpc) is 2.56. The molecule has 1 rings (SSSR count). The Balaban J connectivity index is 3.02. The van der Waals surface area contributed by atoms with Crippen LogP contribution in [-0.4, -0.2) is 48.1 Å². The van der Waals surface area contributed by atoms with Gasteiger partial charge in [-0.2, -0.15) is 0 Å². The molecule has 27 heavy (non-hydrogen) atoms. The number of carbonyl (C=O) groups excluding carboxylic acids is 1. The Kier molecular flexibility index (Phi) is 8.08. The average molecular weight is 452 g/mol. The number of ether oxygens (including phenoxy) is 1. The van der Waals surface area contributed by atoms with E-state index in [0.29, 0.717) is 0 Å². The molecule has 1 aromatic carbocycles. The van der Waals surface area contributed by atoms with Crippen LogP contribution in [0.5, 0.6) is 0 Å². The van der Waals surface area contributed by atoms with E-state index in [1.54, 1.807) is 0 Å². The summed E-state index contributed by atoms with van der Waals surface area (Å²) in [5.74, 6) is -7.03. The molecule has 154 valence electrons. The van der Waals surface area contributed by atoms with Crippen LogP contribution in [0.15, 0.2) is 18.2 Å². The Morgan fingerprint density at radius 3 is 2.33 bits per heavy atom. The van der Waals surface area contributed by atoms with Gasteiger partial charge in [0, 0.05) is 12.0 Å². The predicted octanol–water partition coefficient (Wildman–Crippen LogP) is 2.22. The normalized spacial score (nSPS) is 12.8. The van der Waals surface area contributed by atoms with Crippen molar-refractivity contribution in [3.05, 3.63) is 34.3 Å². The zero-order chi connectivity index (χ0) is 20.9. The maximum atomic E-state index is 14.5. The minimum Gasteiger partial charge on any atom is -0.465 e. The molecular weight excluding hydrogens is 435 g/mol. The van der Waals surface area contributed by atoms with E-state index < -0.39 is 74.1 Å². The molecule has 0 spiro atoms. The zero-order valence-corrected chi connectivity index (χ0v) is 16.4. The van der Waals surface area contributed by atoms with E-state index in [-0.39, 0.29) is 5.02 Å². The number of hydrogen-bond donors (Lipinski definition) is 1. The lowest BCUT2D eigenvalue weighted by molar-refractivity contribution is -0.00913. The van der Waals surface area contributed by atoms with Gasteiger partial charge in [-0.05, 0) is 12.5 Å². The second kappa shape index (κ2) is 9.22. The van der Waals surface area contributed by atoms with Crippen LogP contribution in [0.4, 0.5) is 13.2 Å². The van der Waals surface area contributed by atoms with Crippen LogP contribution in [0.25, 0.3) is 0 Å². The van der Waals surface area contributed by atoms with E-state index in [1.165, 1.54) is 10.2 Å². The highest BCUT2D eigenvalue weighted by atomic mass is 35.5. The fourth-order valence-corrected chi connectivity index (χ4v) is 5.54. The predicted molar refractivity (Wildman–Crippen MR) is 92.6 cm³/mol. The standard InChI is InChI=1S/C14H17ClF3NO6S2/c1-25-13(20)12-10(4-2-5-11(12)15)14(17,18)6-9-27(23,24)19-26(21,22)8-3-7-16/h2,4-5,19H,3,6-9H2,1H3. The first kappa shape index (κ1) is 23.7. The van der Waals surface area contributed by atoms with Crippen molar-refractivity contribution in [2.45, 2.75) is 18.8 Å². The Morgan fingerprint density at radius 2 is 1.78 bits per heavy atom. The molecule has 1 aromatic rings. The van der Waals surface area contributed by atoms with E-state index in [2.05, 4.69) is 4.74 Å². The number of carbonyl (C=O) groups is 1. The summed E-state index contributed by atoms with van der Waals surface area (Å²) in [6.45, 7) is -0.982. The number of esters is 1. The summed E-state index contributed by atoms with van der Waals surface area (Å²) in [5.41, 5.74) is -1.47. The zero-order valence-electron chi connectivity index (χ0n) is 14.0. The highest BCUT2D eigenvalue weighted by Gasteiger charge is 2.38. The van der Waals surface area contributed by atoms with Gasteiger partial charge in [-0.25, -0.2) is 30.4 Å². The number of hydrogen-bond acceptors (Lipinski definition) is 6. The molecule has 13 heteroatoms. The molecule has 0 atom stereocenters. The van der Waals surface area contributed by atoms with Gasteiger partial charge in [-0.3, -0.25) is 4.39 Å². The molecule has 0 amide bonds. The van der Waals surface area contributed by atoms with Gasteiger partial charge in [-0.15, -0.1) is 4.13 Å². The first-order chi connectivity index (χ1) is 12.4. The third kappa shape index (κ3) is 6.94. The minimum atomic E-state index is -4.65. The van der Waals surface area contributed by atoms with Gasteiger partial charge in [0.05, 0.1) is 35.9 Å². The SMILES string of the molecule is COC(=O)c1c(Cl)cccc1C(F)(F)CCS(=O)(=O)NS(=O)(=O)CCCF. The highest BCUT2D eigenvalue weighted by molar-refractivity contribution is 8.04. The van der Waals surface area contributed by atoms with Crippen molar-refractivity contribution in [1.82, 2.24) is 4.13 Å². The molecule has 0 aliphatic rings. The van der Waals surface area contributed by atoms with Crippen molar-refractivity contribution in [2.24, 2.45) is 0 Å². The molecule has 0 unspecified atom stereocenters. The molecule has 0 heterocycles. The molecule has 0 aromatic heterocycles. The number of benzene rings is 1. The fourth-order valence-electron chi connectivity index (χ4n) is 2.06. The van der Waals surface area contributed by atoms with Crippen molar-refractivity contribution in [3.63, 3.8) is 0 Å². The van der Waals surface area contributed by atoms with E-state index in [4.69, 9.17) is 11.6 Å². The smallest absolute Gasteiger partial charge is 0.339 e. The second-order valence-electron chi connectivity index (χ2n) is 5.37. The van der Waals surface area contributed by atoms with Gasteiger partial charge in [0.15, 0.2) is 0 Å². The van der Waals surface area contributed by atoms with Gasteiger partial charge in [-0.1, -0.05) is 23.7 Å². The van der Waals surface area contributed by atoms with Crippen LogP contribution in [0.3, 0.4) is 0 Å². The number of alkyl halides is 3. The number of halogens is 4. The lowest BCUT2D eigenvalue weighted by Gasteiger charge is -2.20. The van der Waals surface area contributed by atoms with Crippen LogP contribution >= 0.6 is 11.6 Å². The van der Waals surface area contributed by atoms with Gasteiger partial charge in [0.25, 0.3) is 5.92 Å². The summed E-state index contributed by atoms with van der Waals surface area (Å²) in [6, 6.07) is 3.21. The van der Waals surface area contributed by atoms with Crippen LogP contribution in [-0.2, 0) is 30.7 Å². The first-order valence-electron chi connectivity index (χ1n) is 7.40. The van der Waals surface area contributed by atoms with Crippen molar-refractivity contribution in [3.8, 4) is 0 Å². The molecule has 0 radical (unpaired) electrons. The molecule has 0 saturated carbocycles. The molecule has 0 fully saturated rings. The molecule has 7 nitrogen and oxygen atoms in total. The van der Waals surface area contributed by atoms with Gasteiger partial charge in [0.1, 0.15) is 0 Å². The molecule has 0 aliphatic heterocycles. The molecule has 0 saturated heterocycles. The maximum Gasteiger partial charge on any atom is 0.339 e. The molecule has 0 aliphatic carbocycles.